The number of alkyl halides is 3. The van der Waals surface area contributed by atoms with Crippen molar-refractivity contribution >= 4 is 5.97 Å². The van der Waals surface area contributed by atoms with Gasteiger partial charge in [0.05, 0.1) is 17.9 Å². The van der Waals surface area contributed by atoms with Gasteiger partial charge in [0.2, 0.25) is 0 Å². The lowest BCUT2D eigenvalue weighted by Crippen LogP contribution is -2.29. The number of carboxylic acid groups (broad SMARTS) is 1. The summed E-state index contributed by atoms with van der Waals surface area (Å²) in [5.41, 5.74) is 1.25. The van der Waals surface area contributed by atoms with Crippen LogP contribution in [0.5, 0.6) is 0 Å². The second-order valence-corrected chi connectivity index (χ2v) is 9.16. The first-order valence-corrected chi connectivity index (χ1v) is 11.9. The Morgan fingerprint density at radius 3 is 2.22 bits per heavy atom. The first-order valence-electron chi connectivity index (χ1n) is 11.9. The van der Waals surface area contributed by atoms with Gasteiger partial charge in [0.25, 0.3) is 5.56 Å². The Kier molecular flexibility index (Phi) is 7.88. The van der Waals surface area contributed by atoms with Gasteiger partial charge in [0.1, 0.15) is 6.61 Å². The lowest BCUT2D eigenvalue weighted by atomic mass is 9.82. The average molecular weight is 501 g/mol. The molecule has 1 heterocycles. The molecule has 2 aromatic carbocycles. The minimum atomic E-state index is -4.44. The lowest BCUT2D eigenvalue weighted by molar-refractivity contribution is -0.143. The van der Waals surface area contributed by atoms with Crippen molar-refractivity contribution in [3.05, 3.63) is 76.6 Å². The second kappa shape index (κ2) is 11.1. The van der Waals surface area contributed by atoms with E-state index in [0.29, 0.717) is 30.0 Å². The van der Waals surface area contributed by atoms with E-state index < -0.39 is 17.7 Å². The SMILES string of the molecule is O=C(O)COC[C@H]1CC[C@@H](Cn2nc(-c3ccc(C(F)(F)F)cc3)c(-c3ccccc3)cc2=O)CC1. The van der Waals surface area contributed by atoms with Gasteiger partial charge in [-0.05, 0) is 55.2 Å². The maximum absolute atomic E-state index is 13.1. The van der Waals surface area contributed by atoms with E-state index in [2.05, 4.69) is 5.10 Å². The highest BCUT2D eigenvalue weighted by molar-refractivity contribution is 5.80. The molecule has 0 saturated heterocycles. The van der Waals surface area contributed by atoms with Crippen molar-refractivity contribution < 1.29 is 27.8 Å². The molecule has 0 bridgehead atoms. The summed E-state index contributed by atoms with van der Waals surface area (Å²) in [7, 11) is 0. The minimum absolute atomic E-state index is 0.217. The van der Waals surface area contributed by atoms with E-state index in [-0.39, 0.29) is 24.0 Å². The van der Waals surface area contributed by atoms with Crippen molar-refractivity contribution in [1.29, 1.82) is 0 Å². The molecule has 0 spiro atoms. The third-order valence-corrected chi connectivity index (χ3v) is 6.55. The fourth-order valence-electron chi connectivity index (χ4n) is 4.63. The van der Waals surface area contributed by atoms with E-state index in [9.17, 15) is 22.8 Å². The molecule has 0 unspecified atom stereocenters. The van der Waals surface area contributed by atoms with E-state index in [1.807, 2.05) is 30.3 Å². The quantitative estimate of drug-likeness (QED) is 0.442. The zero-order valence-electron chi connectivity index (χ0n) is 19.6. The molecule has 0 aliphatic heterocycles. The molecule has 1 saturated carbocycles. The number of aliphatic carboxylic acids is 1. The smallest absolute Gasteiger partial charge is 0.416 e. The summed E-state index contributed by atoms with van der Waals surface area (Å²) in [4.78, 5) is 23.6. The molecule has 4 rings (SSSR count). The Labute approximate surface area is 206 Å². The van der Waals surface area contributed by atoms with Crippen molar-refractivity contribution in [2.45, 2.75) is 38.4 Å². The summed E-state index contributed by atoms with van der Waals surface area (Å²) in [6.07, 6.45) is -0.999. The van der Waals surface area contributed by atoms with Crippen molar-refractivity contribution in [3.63, 3.8) is 0 Å². The molecule has 0 amide bonds. The Balaban J connectivity index is 1.57. The van der Waals surface area contributed by atoms with Crippen LogP contribution in [-0.2, 0) is 22.3 Å². The van der Waals surface area contributed by atoms with Crippen LogP contribution in [0, 0.1) is 11.8 Å². The summed E-state index contributed by atoms with van der Waals surface area (Å²) in [6, 6.07) is 15.5. The van der Waals surface area contributed by atoms with Crippen LogP contribution in [-0.4, -0.2) is 34.1 Å². The van der Waals surface area contributed by atoms with E-state index in [0.717, 1.165) is 43.4 Å². The first kappa shape index (κ1) is 25.6. The monoisotopic (exact) mass is 500 g/mol. The van der Waals surface area contributed by atoms with Crippen molar-refractivity contribution in [1.82, 2.24) is 9.78 Å². The van der Waals surface area contributed by atoms with Crippen LogP contribution < -0.4 is 5.56 Å². The molecule has 36 heavy (non-hydrogen) atoms. The van der Waals surface area contributed by atoms with Crippen LogP contribution in [0.1, 0.15) is 31.2 Å². The number of aromatic nitrogens is 2. The molecule has 0 atom stereocenters. The number of ether oxygens (including phenoxy) is 1. The zero-order chi connectivity index (χ0) is 25.7. The first-order chi connectivity index (χ1) is 17.2. The maximum atomic E-state index is 13.1. The van der Waals surface area contributed by atoms with E-state index in [4.69, 9.17) is 9.84 Å². The molecule has 6 nitrogen and oxygen atoms in total. The highest BCUT2D eigenvalue weighted by atomic mass is 19.4. The van der Waals surface area contributed by atoms with Crippen molar-refractivity contribution in [3.8, 4) is 22.4 Å². The highest BCUT2D eigenvalue weighted by Gasteiger charge is 2.30. The molecule has 1 aliphatic carbocycles. The topological polar surface area (TPSA) is 81.4 Å². The largest absolute Gasteiger partial charge is 0.480 e. The van der Waals surface area contributed by atoms with Crippen LogP contribution in [0.25, 0.3) is 22.4 Å². The van der Waals surface area contributed by atoms with Crippen molar-refractivity contribution in [2.24, 2.45) is 11.8 Å². The van der Waals surface area contributed by atoms with Gasteiger partial charge in [-0.2, -0.15) is 18.3 Å². The summed E-state index contributed by atoms with van der Waals surface area (Å²) in [5.74, 6) is -0.487. The molecular formula is C27H27F3N2O4. The number of carboxylic acids is 1. The number of hydrogen-bond donors (Lipinski definition) is 1. The Morgan fingerprint density at radius 1 is 0.972 bits per heavy atom. The molecule has 1 N–H and O–H groups in total. The third kappa shape index (κ3) is 6.40. The Bertz CT molecular complexity index is 1230. The van der Waals surface area contributed by atoms with Crippen LogP contribution in [0.15, 0.2) is 65.5 Å². The van der Waals surface area contributed by atoms with Gasteiger partial charge in [0.15, 0.2) is 0 Å². The van der Waals surface area contributed by atoms with Gasteiger partial charge in [-0.25, -0.2) is 9.48 Å². The van der Waals surface area contributed by atoms with Gasteiger partial charge >= 0.3 is 12.1 Å². The molecule has 190 valence electrons. The third-order valence-electron chi connectivity index (χ3n) is 6.55. The van der Waals surface area contributed by atoms with Gasteiger partial charge < -0.3 is 9.84 Å². The van der Waals surface area contributed by atoms with Gasteiger partial charge in [-0.3, -0.25) is 4.79 Å². The second-order valence-electron chi connectivity index (χ2n) is 9.16. The predicted molar refractivity (Wildman–Crippen MR) is 128 cm³/mol. The van der Waals surface area contributed by atoms with Crippen molar-refractivity contribution in [2.75, 3.05) is 13.2 Å². The fraction of sp³-hybridized carbons (Fsp3) is 0.370. The molecule has 1 fully saturated rings. The number of halogens is 3. The number of hydrogen-bond acceptors (Lipinski definition) is 4. The summed E-state index contributed by atoms with van der Waals surface area (Å²) < 4.78 is 45.9. The van der Waals surface area contributed by atoms with Crippen LogP contribution >= 0.6 is 0 Å². The maximum Gasteiger partial charge on any atom is 0.416 e. The van der Waals surface area contributed by atoms with Crippen LogP contribution in [0.4, 0.5) is 13.2 Å². The number of rotatable bonds is 8. The Hall–Kier alpha value is -3.46. The van der Waals surface area contributed by atoms with Crippen LogP contribution in [0.2, 0.25) is 0 Å². The molecule has 3 aromatic rings. The minimum Gasteiger partial charge on any atom is -0.480 e. The van der Waals surface area contributed by atoms with E-state index >= 15 is 0 Å². The zero-order valence-corrected chi connectivity index (χ0v) is 19.6. The lowest BCUT2D eigenvalue weighted by Gasteiger charge is -2.28. The average Bonchev–Trinajstić information content (AvgIpc) is 2.86. The van der Waals surface area contributed by atoms with Gasteiger partial charge in [0, 0.05) is 23.7 Å². The fourth-order valence-corrected chi connectivity index (χ4v) is 4.63. The Morgan fingerprint density at radius 2 is 1.61 bits per heavy atom. The summed E-state index contributed by atoms with van der Waals surface area (Å²) in [6.45, 7) is 0.505. The molecule has 1 aliphatic rings. The normalized spacial score (nSPS) is 18.2. The number of benzene rings is 2. The van der Waals surface area contributed by atoms with Crippen LogP contribution in [0.3, 0.4) is 0 Å². The molecule has 0 radical (unpaired) electrons. The number of nitrogens with zero attached hydrogens (tertiary/aromatic N) is 2. The summed E-state index contributed by atoms with van der Waals surface area (Å²) in [5, 5.41) is 13.3. The van der Waals surface area contributed by atoms with E-state index in [1.54, 1.807) is 0 Å². The predicted octanol–water partition coefficient (Wildman–Crippen LogP) is 5.50. The number of carbonyl (C=O) groups is 1. The molecular weight excluding hydrogens is 473 g/mol. The van der Waals surface area contributed by atoms with Gasteiger partial charge in [-0.15, -0.1) is 0 Å². The summed E-state index contributed by atoms with van der Waals surface area (Å²) >= 11 is 0. The molecule has 1 aromatic heterocycles. The molecule has 9 heteroatoms. The standard InChI is InChI=1S/C27H27F3N2O4/c28-27(29,30)22-12-10-21(11-13-22)26-23(20-4-2-1-3-5-20)14-24(33)32(31-26)15-18-6-8-19(9-7-18)16-36-17-25(34)35/h1-5,10-14,18-19H,6-9,15-17H2,(H,34,35)/t18-,19+. The highest BCUT2D eigenvalue weighted by Crippen LogP contribution is 2.34. The van der Waals surface area contributed by atoms with E-state index in [1.165, 1.54) is 22.9 Å². The van der Waals surface area contributed by atoms with Gasteiger partial charge in [-0.1, -0.05) is 42.5 Å².